The van der Waals surface area contributed by atoms with Gasteiger partial charge in [-0.25, -0.2) is 8.42 Å². The van der Waals surface area contributed by atoms with Gasteiger partial charge >= 0.3 is 5.97 Å². The first-order valence-electron chi connectivity index (χ1n) is 6.32. The maximum absolute atomic E-state index is 12.5. The first kappa shape index (κ1) is 15.3. The van der Waals surface area contributed by atoms with E-state index in [0.29, 0.717) is 17.9 Å². The molecule has 110 valence electrons. The molecule has 1 fully saturated rings. The lowest BCUT2D eigenvalue weighted by Crippen LogP contribution is -2.45. The molecule has 0 aliphatic carbocycles. The Labute approximate surface area is 123 Å². The van der Waals surface area contributed by atoms with Crippen molar-refractivity contribution in [2.75, 3.05) is 6.54 Å². The van der Waals surface area contributed by atoms with Crippen LogP contribution in [0.3, 0.4) is 0 Å². The molecule has 0 saturated carbocycles. The fourth-order valence-electron chi connectivity index (χ4n) is 2.47. The second kappa shape index (κ2) is 5.71. The smallest absolute Gasteiger partial charge is 0.306 e. The quantitative estimate of drug-likeness (QED) is 0.927. The number of halogens is 1. The SMILES string of the molecule is CC1CC(C(=O)O)CCN1S(=O)(=O)c1ccc(Cl)cc1. The Morgan fingerprint density at radius 2 is 1.95 bits per heavy atom. The highest BCUT2D eigenvalue weighted by Gasteiger charge is 2.36. The summed E-state index contributed by atoms with van der Waals surface area (Å²) in [7, 11) is -3.60. The van der Waals surface area contributed by atoms with Gasteiger partial charge in [0, 0.05) is 17.6 Å². The highest BCUT2D eigenvalue weighted by atomic mass is 35.5. The Balaban J connectivity index is 2.23. The Bertz CT molecular complexity index is 599. The third-order valence-electron chi connectivity index (χ3n) is 3.58. The molecule has 20 heavy (non-hydrogen) atoms. The van der Waals surface area contributed by atoms with Gasteiger partial charge < -0.3 is 5.11 Å². The molecule has 1 saturated heterocycles. The highest BCUT2D eigenvalue weighted by molar-refractivity contribution is 7.89. The molecule has 1 N–H and O–H groups in total. The van der Waals surface area contributed by atoms with Crippen molar-refractivity contribution in [2.24, 2.45) is 5.92 Å². The predicted molar refractivity (Wildman–Crippen MR) is 75.2 cm³/mol. The van der Waals surface area contributed by atoms with E-state index in [1.807, 2.05) is 0 Å². The number of carbonyl (C=O) groups is 1. The van der Waals surface area contributed by atoms with Gasteiger partial charge in [0.05, 0.1) is 10.8 Å². The number of piperidine rings is 1. The number of carboxylic acids is 1. The Hall–Kier alpha value is -1.11. The molecule has 1 heterocycles. The van der Waals surface area contributed by atoms with E-state index in [9.17, 15) is 13.2 Å². The number of benzene rings is 1. The maximum atomic E-state index is 12.5. The third kappa shape index (κ3) is 2.97. The Morgan fingerprint density at radius 1 is 1.35 bits per heavy atom. The molecule has 2 unspecified atom stereocenters. The average molecular weight is 318 g/mol. The number of sulfonamides is 1. The van der Waals surface area contributed by atoms with Gasteiger partial charge in [-0.05, 0) is 44.0 Å². The summed E-state index contributed by atoms with van der Waals surface area (Å²) in [5, 5.41) is 9.48. The van der Waals surface area contributed by atoms with E-state index < -0.39 is 21.9 Å². The van der Waals surface area contributed by atoms with Gasteiger partial charge in [-0.1, -0.05) is 11.6 Å². The lowest BCUT2D eigenvalue weighted by Gasteiger charge is -2.35. The summed E-state index contributed by atoms with van der Waals surface area (Å²) in [5.74, 6) is -1.33. The van der Waals surface area contributed by atoms with Crippen LogP contribution in [0.1, 0.15) is 19.8 Å². The number of aliphatic carboxylic acids is 1. The van der Waals surface area contributed by atoms with Crippen molar-refractivity contribution in [1.82, 2.24) is 4.31 Å². The molecule has 0 amide bonds. The van der Waals surface area contributed by atoms with Crippen LogP contribution in [0.15, 0.2) is 29.2 Å². The molecule has 2 rings (SSSR count). The van der Waals surface area contributed by atoms with Gasteiger partial charge in [-0.2, -0.15) is 4.31 Å². The largest absolute Gasteiger partial charge is 0.481 e. The first-order chi connectivity index (χ1) is 9.32. The standard InChI is InChI=1S/C13H16ClNO4S/c1-9-8-10(13(16)17)6-7-15(9)20(18,19)12-4-2-11(14)3-5-12/h2-5,9-10H,6-8H2,1H3,(H,16,17). The monoisotopic (exact) mass is 317 g/mol. The minimum absolute atomic E-state index is 0.183. The normalized spacial score (nSPS) is 24.5. The number of hydrogen-bond acceptors (Lipinski definition) is 3. The molecule has 0 bridgehead atoms. The third-order valence-corrected chi connectivity index (χ3v) is 5.86. The van der Waals surface area contributed by atoms with Crippen LogP contribution in [-0.4, -0.2) is 36.4 Å². The molecule has 1 aliphatic heterocycles. The van der Waals surface area contributed by atoms with Crippen LogP contribution in [0, 0.1) is 5.92 Å². The van der Waals surface area contributed by atoms with Crippen LogP contribution >= 0.6 is 11.6 Å². The Kier molecular flexibility index (Phi) is 4.36. The van der Waals surface area contributed by atoms with Crippen molar-refractivity contribution in [3.63, 3.8) is 0 Å². The zero-order valence-corrected chi connectivity index (χ0v) is 12.6. The summed E-state index contributed by atoms with van der Waals surface area (Å²) >= 11 is 5.76. The van der Waals surface area contributed by atoms with Gasteiger partial charge in [0.25, 0.3) is 0 Å². The van der Waals surface area contributed by atoms with Gasteiger partial charge in [0.15, 0.2) is 0 Å². The molecule has 0 spiro atoms. The van der Waals surface area contributed by atoms with Crippen LogP contribution in [0.25, 0.3) is 0 Å². The van der Waals surface area contributed by atoms with Crippen molar-refractivity contribution in [1.29, 1.82) is 0 Å². The highest BCUT2D eigenvalue weighted by Crippen LogP contribution is 2.29. The molecule has 1 aromatic carbocycles. The summed E-state index contributed by atoms with van der Waals surface area (Å²) in [6, 6.07) is 5.67. The van der Waals surface area contributed by atoms with Crippen molar-refractivity contribution < 1.29 is 18.3 Å². The molecule has 0 radical (unpaired) electrons. The number of hydrogen-bond donors (Lipinski definition) is 1. The maximum Gasteiger partial charge on any atom is 0.306 e. The number of nitrogens with zero attached hydrogens (tertiary/aromatic N) is 1. The summed E-state index contributed by atoms with van der Waals surface area (Å²) < 4.78 is 26.4. The van der Waals surface area contributed by atoms with Crippen LogP contribution in [0.2, 0.25) is 5.02 Å². The predicted octanol–water partition coefficient (Wildman–Crippen LogP) is 2.21. The summed E-state index contributed by atoms with van der Waals surface area (Å²) in [6.07, 6.45) is 0.675. The molecule has 1 aromatic rings. The van der Waals surface area contributed by atoms with Crippen molar-refractivity contribution in [3.05, 3.63) is 29.3 Å². The van der Waals surface area contributed by atoms with Gasteiger partial charge in [0.2, 0.25) is 10.0 Å². The van der Waals surface area contributed by atoms with Gasteiger partial charge in [0.1, 0.15) is 0 Å². The van der Waals surface area contributed by atoms with E-state index in [0.717, 1.165) is 0 Å². The van der Waals surface area contributed by atoms with Crippen LogP contribution in [0.4, 0.5) is 0 Å². The van der Waals surface area contributed by atoms with Crippen LogP contribution in [0.5, 0.6) is 0 Å². The first-order valence-corrected chi connectivity index (χ1v) is 8.14. The minimum Gasteiger partial charge on any atom is -0.481 e. The molecular weight excluding hydrogens is 302 g/mol. The average Bonchev–Trinajstić information content (AvgIpc) is 2.38. The van der Waals surface area contributed by atoms with Crippen molar-refractivity contribution >= 4 is 27.6 Å². The molecule has 0 aromatic heterocycles. The van der Waals surface area contributed by atoms with Crippen LogP contribution < -0.4 is 0 Å². The fourth-order valence-corrected chi connectivity index (χ4v) is 4.26. The molecule has 5 nitrogen and oxygen atoms in total. The van der Waals surface area contributed by atoms with E-state index in [1.54, 1.807) is 6.92 Å². The van der Waals surface area contributed by atoms with E-state index in [1.165, 1.54) is 28.6 Å². The second-order valence-corrected chi connectivity index (χ2v) is 7.31. The summed E-state index contributed by atoms with van der Waals surface area (Å²) in [4.78, 5) is 11.2. The van der Waals surface area contributed by atoms with Gasteiger partial charge in [-0.3, -0.25) is 4.79 Å². The van der Waals surface area contributed by atoms with E-state index in [2.05, 4.69) is 0 Å². The lowest BCUT2D eigenvalue weighted by molar-refractivity contribution is -0.143. The van der Waals surface area contributed by atoms with E-state index in [4.69, 9.17) is 16.7 Å². The van der Waals surface area contributed by atoms with E-state index in [-0.39, 0.29) is 17.5 Å². The molecule has 1 aliphatic rings. The Morgan fingerprint density at radius 3 is 2.45 bits per heavy atom. The summed E-state index contributed by atoms with van der Waals surface area (Å²) in [5.41, 5.74) is 0. The minimum atomic E-state index is -3.60. The second-order valence-electron chi connectivity index (χ2n) is 4.98. The van der Waals surface area contributed by atoms with E-state index >= 15 is 0 Å². The van der Waals surface area contributed by atoms with Crippen molar-refractivity contribution in [2.45, 2.75) is 30.7 Å². The number of rotatable bonds is 3. The van der Waals surface area contributed by atoms with Crippen LogP contribution in [-0.2, 0) is 14.8 Å². The topological polar surface area (TPSA) is 74.7 Å². The molecular formula is C13H16ClNO4S. The lowest BCUT2D eigenvalue weighted by atomic mass is 9.93. The molecule has 7 heteroatoms. The van der Waals surface area contributed by atoms with Crippen molar-refractivity contribution in [3.8, 4) is 0 Å². The summed E-state index contributed by atoms with van der Waals surface area (Å²) in [6.45, 7) is 1.96. The fraction of sp³-hybridized carbons (Fsp3) is 0.462. The number of carboxylic acid groups (broad SMARTS) is 1. The van der Waals surface area contributed by atoms with Gasteiger partial charge in [-0.15, -0.1) is 0 Å². The molecule has 2 atom stereocenters. The zero-order chi connectivity index (χ0) is 14.9. The zero-order valence-electron chi connectivity index (χ0n) is 11.0.